The van der Waals surface area contributed by atoms with Crippen LogP contribution in [0.2, 0.25) is 0 Å². The molecule has 0 nitrogen and oxygen atoms in total. The van der Waals surface area contributed by atoms with Gasteiger partial charge in [-0.15, -0.1) is 0 Å². The molecule has 4 aliphatic carbocycles. The van der Waals surface area contributed by atoms with Crippen LogP contribution in [0.25, 0.3) is 0 Å². The molecule has 0 amide bonds. The van der Waals surface area contributed by atoms with Crippen molar-refractivity contribution in [2.75, 3.05) is 0 Å². The molecular weight excluding hydrogens is 306 g/mol. The van der Waals surface area contributed by atoms with Crippen LogP contribution in [0.1, 0.15) is 51.4 Å². The summed E-state index contributed by atoms with van der Waals surface area (Å²) in [5, 5.41) is 0. The summed E-state index contributed by atoms with van der Waals surface area (Å²) in [6, 6.07) is 0. The molecule has 0 saturated heterocycles. The molecule has 6 atom stereocenters. The molecule has 6 unspecified atom stereocenters. The van der Waals surface area contributed by atoms with E-state index in [1.807, 2.05) is 0 Å². The van der Waals surface area contributed by atoms with Crippen molar-refractivity contribution < 1.29 is 18.7 Å². The molecule has 0 radical (unpaired) electrons. The third-order valence-corrected chi connectivity index (χ3v) is 11.5. The maximum atomic E-state index is 3.90. The maximum absolute atomic E-state index is 3.90. The number of hydrogen-bond donors (Lipinski definition) is 0. The first-order valence-electron chi connectivity index (χ1n) is 7.22. The second-order valence-electron chi connectivity index (χ2n) is 6.80. The molecule has 4 fully saturated rings. The normalized spacial score (nSPS) is 56.1. The molecule has 0 aromatic rings. The number of rotatable bonds is 2. The van der Waals surface area contributed by atoms with Crippen LogP contribution in [0.3, 0.4) is 0 Å². The molecule has 0 aromatic carbocycles. The molecule has 0 aliphatic heterocycles. The first-order valence-corrected chi connectivity index (χ1v) is 10.6. The zero-order valence-electron chi connectivity index (χ0n) is 9.88. The van der Waals surface area contributed by atoms with Crippen molar-refractivity contribution in [3.8, 4) is 0 Å². The summed E-state index contributed by atoms with van der Waals surface area (Å²) in [6.07, 6.45) is 12.9. The van der Waals surface area contributed by atoms with Gasteiger partial charge in [-0.05, 0) is 0 Å². The van der Waals surface area contributed by atoms with Crippen molar-refractivity contribution in [2.45, 2.75) is 62.7 Å². The van der Waals surface area contributed by atoms with Gasteiger partial charge in [0.25, 0.3) is 0 Å². The molecule has 2 heteroatoms. The number of hydrogen-bond acceptors (Lipinski definition) is 0. The van der Waals surface area contributed by atoms with Crippen LogP contribution in [0.5, 0.6) is 0 Å². The second kappa shape index (κ2) is 4.05. The van der Waals surface area contributed by atoms with E-state index in [1.54, 1.807) is 51.4 Å². The van der Waals surface area contributed by atoms with Crippen LogP contribution in [-0.2, 0) is 18.7 Å². The van der Waals surface area contributed by atoms with Crippen molar-refractivity contribution >= 4 is 6.11 Å². The van der Waals surface area contributed by atoms with E-state index in [4.69, 9.17) is 0 Å². The SMILES string of the molecule is [Pd][P](C1CC2CCC1C2)C1CC2CCC1C2. The van der Waals surface area contributed by atoms with E-state index in [0.717, 1.165) is 35.0 Å². The summed E-state index contributed by atoms with van der Waals surface area (Å²) in [5.41, 5.74) is 2.28. The van der Waals surface area contributed by atoms with Gasteiger partial charge in [0.1, 0.15) is 0 Å². The minimum absolute atomic E-state index is 0.238. The van der Waals surface area contributed by atoms with Gasteiger partial charge in [0, 0.05) is 0 Å². The van der Waals surface area contributed by atoms with Gasteiger partial charge in [-0.2, -0.15) is 0 Å². The Hall–Kier alpha value is 1.09. The fraction of sp³-hybridized carbons (Fsp3) is 1.00. The van der Waals surface area contributed by atoms with Gasteiger partial charge in [0.2, 0.25) is 0 Å². The Balaban J connectivity index is 1.48. The van der Waals surface area contributed by atoms with E-state index < -0.39 is 0 Å². The van der Waals surface area contributed by atoms with Crippen LogP contribution in [-0.4, -0.2) is 11.3 Å². The van der Waals surface area contributed by atoms with Gasteiger partial charge in [0.15, 0.2) is 0 Å². The summed E-state index contributed by atoms with van der Waals surface area (Å²) in [5.74, 6) is 4.57. The first kappa shape index (κ1) is 11.0. The standard InChI is InChI=1S/C14H22P.Pd/c1-3-11-5-9(1)7-13(11)15-14-8-10-2-4-12(14)6-10;/h9-14H,1-8H2;/q-1;+1. The van der Waals surface area contributed by atoms with E-state index in [2.05, 4.69) is 18.7 Å². The molecule has 93 valence electrons. The Morgan fingerprint density at radius 1 is 0.688 bits per heavy atom. The Kier molecular flexibility index (Phi) is 2.77. The fourth-order valence-electron chi connectivity index (χ4n) is 5.23. The fourth-order valence-corrected chi connectivity index (χ4v) is 10.9. The van der Waals surface area contributed by atoms with Gasteiger partial charge < -0.3 is 0 Å². The van der Waals surface area contributed by atoms with Crippen LogP contribution < -0.4 is 0 Å². The molecule has 0 N–H and O–H groups in total. The summed E-state index contributed by atoms with van der Waals surface area (Å²) in [6.45, 7) is 0. The monoisotopic (exact) mass is 327 g/mol. The summed E-state index contributed by atoms with van der Waals surface area (Å²) in [4.78, 5) is 0. The summed E-state index contributed by atoms with van der Waals surface area (Å²) in [7, 11) is 0. The van der Waals surface area contributed by atoms with Crippen LogP contribution in [0, 0.1) is 23.7 Å². The van der Waals surface area contributed by atoms with E-state index >= 15 is 0 Å². The molecule has 4 aliphatic rings. The first-order chi connectivity index (χ1) is 7.81. The zero-order chi connectivity index (χ0) is 10.7. The van der Waals surface area contributed by atoms with Gasteiger partial charge in [0.05, 0.1) is 0 Å². The van der Waals surface area contributed by atoms with Crippen molar-refractivity contribution in [2.24, 2.45) is 23.7 Å². The average molecular weight is 328 g/mol. The van der Waals surface area contributed by atoms with Gasteiger partial charge in [-0.25, -0.2) is 0 Å². The van der Waals surface area contributed by atoms with Crippen LogP contribution >= 0.6 is 6.11 Å². The average Bonchev–Trinajstić information content (AvgIpc) is 3.06. The number of fused-ring (bicyclic) bond motifs is 4. The van der Waals surface area contributed by atoms with Gasteiger partial charge in [-0.1, -0.05) is 0 Å². The van der Waals surface area contributed by atoms with Crippen molar-refractivity contribution in [3.05, 3.63) is 0 Å². The predicted molar refractivity (Wildman–Crippen MR) is 65.4 cm³/mol. The topological polar surface area (TPSA) is 0 Å². The molecule has 0 spiro atoms. The Labute approximate surface area is 111 Å². The van der Waals surface area contributed by atoms with Gasteiger partial charge in [-0.3, -0.25) is 0 Å². The Bertz CT molecular complexity index is 264. The molecule has 4 rings (SSSR count). The molecule has 16 heavy (non-hydrogen) atoms. The van der Waals surface area contributed by atoms with Gasteiger partial charge >= 0.3 is 111 Å². The van der Waals surface area contributed by atoms with Crippen molar-refractivity contribution in [3.63, 3.8) is 0 Å². The summed E-state index contributed by atoms with van der Waals surface area (Å²) >= 11 is 3.90. The van der Waals surface area contributed by atoms with E-state index in [1.165, 1.54) is 0 Å². The molecular formula is C14H22PPd. The van der Waals surface area contributed by atoms with Crippen LogP contribution in [0.15, 0.2) is 0 Å². The van der Waals surface area contributed by atoms with E-state index in [0.29, 0.717) is 0 Å². The van der Waals surface area contributed by atoms with E-state index in [-0.39, 0.29) is 6.11 Å². The summed E-state index contributed by atoms with van der Waals surface area (Å²) < 4.78 is 0. The third-order valence-electron chi connectivity index (χ3n) is 5.99. The van der Waals surface area contributed by atoms with Crippen molar-refractivity contribution in [1.82, 2.24) is 0 Å². The predicted octanol–water partition coefficient (Wildman–Crippen LogP) is 4.31. The van der Waals surface area contributed by atoms with Crippen LogP contribution in [0.4, 0.5) is 0 Å². The zero-order valence-corrected chi connectivity index (χ0v) is 12.3. The molecule has 4 saturated carbocycles. The molecule has 4 bridgehead atoms. The second-order valence-corrected chi connectivity index (χ2v) is 11.2. The molecule has 0 heterocycles. The Morgan fingerprint density at radius 2 is 1.19 bits per heavy atom. The molecule has 0 aromatic heterocycles. The quantitative estimate of drug-likeness (QED) is 0.524. The third kappa shape index (κ3) is 1.61. The van der Waals surface area contributed by atoms with E-state index in [9.17, 15) is 0 Å². The minimum atomic E-state index is 0.238. The Morgan fingerprint density at radius 3 is 1.50 bits per heavy atom. The van der Waals surface area contributed by atoms with Crippen molar-refractivity contribution in [1.29, 1.82) is 0 Å².